The third kappa shape index (κ3) is 2.88. The van der Waals surface area contributed by atoms with Crippen molar-refractivity contribution in [3.05, 3.63) is 60.9 Å². The second kappa shape index (κ2) is 6.71. The lowest BCUT2D eigenvalue weighted by molar-refractivity contribution is 0.469. The summed E-state index contributed by atoms with van der Waals surface area (Å²) < 4.78 is 15.6. The Morgan fingerprint density at radius 2 is 1.88 bits per heavy atom. The summed E-state index contributed by atoms with van der Waals surface area (Å²) >= 11 is 0. The van der Waals surface area contributed by atoms with Crippen LogP contribution in [0.3, 0.4) is 0 Å². The fourth-order valence-electron chi connectivity index (χ4n) is 3.76. The number of aromatic amines is 2. The van der Waals surface area contributed by atoms with E-state index in [0.29, 0.717) is 39.2 Å². The van der Waals surface area contributed by atoms with Gasteiger partial charge in [-0.05, 0) is 29.8 Å². The molecule has 0 aliphatic carbocycles. The average molecular weight is 426 g/mol. The van der Waals surface area contributed by atoms with Crippen molar-refractivity contribution in [1.82, 2.24) is 39.9 Å². The molecule has 9 nitrogen and oxygen atoms in total. The number of nitrogens with zero attached hydrogens (tertiary/aromatic N) is 6. The summed E-state index contributed by atoms with van der Waals surface area (Å²) in [6.07, 6.45) is 6.86. The smallest absolute Gasteiger partial charge is 0.161 e. The van der Waals surface area contributed by atoms with Crippen LogP contribution in [0.1, 0.15) is 0 Å². The molecular formula is C22H15FN8O. The number of aryl methyl sites for hydroxylation is 1. The lowest BCUT2D eigenvalue weighted by atomic mass is 10.1. The van der Waals surface area contributed by atoms with E-state index in [-0.39, 0.29) is 5.75 Å². The number of hydrogen-bond acceptors (Lipinski definition) is 6. The van der Waals surface area contributed by atoms with Crippen LogP contribution in [-0.4, -0.2) is 45.0 Å². The fourth-order valence-corrected chi connectivity index (χ4v) is 3.76. The molecule has 156 valence electrons. The van der Waals surface area contributed by atoms with E-state index in [1.807, 2.05) is 25.4 Å². The second-order valence-corrected chi connectivity index (χ2v) is 7.43. The minimum absolute atomic E-state index is 0.168. The lowest BCUT2D eigenvalue weighted by Gasteiger charge is -2.03. The van der Waals surface area contributed by atoms with Gasteiger partial charge < -0.3 is 10.1 Å². The predicted molar refractivity (Wildman–Crippen MR) is 116 cm³/mol. The number of pyridine rings is 2. The molecule has 5 heterocycles. The van der Waals surface area contributed by atoms with Gasteiger partial charge in [-0.15, -0.1) is 0 Å². The van der Waals surface area contributed by atoms with Crippen molar-refractivity contribution in [2.45, 2.75) is 0 Å². The highest BCUT2D eigenvalue weighted by Crippen LogP contribution is 2.32. The number of fused-ring (bicyclic) bond motifs is 2. The van der Waals surface area contributed by atoms with Crippen LogP contribution < -0.4 is 0 Å². The van der Waals surface area contributed by atoms with Crippen LogP contribution in [0.4, 0.5) is 4.39 Å². The SMILES string of the molecule is Cn1cc(-c2ccc3[nH]nc(-c4nc5c(-c6cc(O)cc(F)c6)cncc5[nH]4)c3n2)cn1. The first kappa shape index (κ1) is 18.2. The summed E-state index contributed by atoms with van der Waals surface area (Å²) in [4.78, 5) is 16.9. The van der Waals surface area contributed by atoms with E-state index in [2.05, 4.69) is 25.3 Å². The highest BCUT2D eigenvalue weighted by molar-refractivity contribution is 5.95. The van der Waals surface area contributed by atoms with Crippen molar-refractivity contribution in [2.75, 3.05) is 0 Å². The van der Waals surface area contributed by atoms with Crippen LogP contribution in [0.25, 0.3) is 56.0 Å². The van der Waals surface area contributed by atoms with Gasteiger partial charge in [0.2, 0.25) is 0 Å². The first-order valence-electron chi connectivity index (χ1n) is 9.73. The molecule has 0 bridgehead atoms. The Balaban J connectivity index is 1.51. The molecule has 6 aromatic rings. The van der Waals surface area contributed by atoms with Crippen molar-refractivity contribution in [1.29, 1.82) is 0 Å². The maximum Gasteiger partial charge on any atom is 0.161 e. The van der Waals surface area contributed by atoms with Crippen molar-refractivity contribution in [2.24, 2.45) is 7.05 Å². The molecule has 0 amide bonds. The zero-order chi connectivity index (χ0) is 21.8. The van der Waals surface area contributed by atoms with Crippen molar-refractivity contribution in [3.8, 4) is 39.7 Å². The number of aromatic nitrogens is 8. The van der Waals surface area contributed by atoms with E-state index >= 15 is 0 Å². The number of phenolic OH excluding ortho intramolecular Hbond substituents is 1. The highest BCUT2D eigenvalue weighted by Gasteiger charge is 2.18. The maximum absolute atomic E-state index is 13.9. The fraction of sp³-hybridized carbons (Fsp3) is 0.0455. The topological polar surface area (TPSA) is 121 Å². The number of halogens is 1. The van der Waals surface area contributed by atoms with Gasteiger partial charge in [-0.3, -0.25) is 14.8 Å². The first-order valence-corrected chi connectivity index (χ1v) is 9.73. The Morgan fingerprint density at radius 3 is 2.69 bits per heavy atom. The van der Waals surface area contributed by atoms with Gasteiger partial charge in [0.15, 0.2) is 11.5 Å². The van der Waals surface area contributed by atoms with Gasteiger partial charge in [0.1, 0.15) is 17.1 Å². The minimum atomic E-state index is -0.543. The van der Waals surface area contributed by atoms with Gasteiger partial charge in [0.25, 0.3) is 0 Å². The van der Waals surface area contributed by atoms with Crippen LogP contribution in [0.15, 0.2) is 55.1 Å². The molecule has 3 N–H and O–H groups in total. The number of hydrogen-bond donors (Lipinski definition) is 3. The molecule has 0 unspecified atom stereocenters. The number of aromatic hydroxyl groups is 1. The normalized spacial score (nSPS) is 11.6. The second-order valence-electron chi connectivity index (χ2n) is 7.43. The van der Waals surface area contributed by atoms with Crippen LogP contribution in [-0.2, 0) is 7.05 Å². The predicted octanol–water partition coefficient (Wildman–Crippen LogP) is 3.81. The average Bonchev–Trinajstić information content (AvgIpc) is 3.49. The Kier molecular flexibility index (Phi) is 3.81. The molecule has 0 radical (unpaired) electrons. The van der Waals surface area contributed by atoms with Crippen LogP contribution in [0.5, 0.6) is 5.75 Å². The zero-order valence-corrected chi connectivity index (χ0v) is 16.7. The molecule has 5 aromatic heterocycles. The third-order valence-electron chi connectivity index (χ3n) is 5.22. The molecule has 1 aromatic carbocycles. The first-order chi connectivity index (χ1) is 15.5. The molecule has 0 aliphatic heterocycles. The number of rotatable bonds is 3. The van der Waals surface area contributed by atoms with Crippen molar-refractivity contribution >= 4 is 22.1 Å². The maximum atomic E-state index is 13.9. The summed E-state index contributed by atoms with van der Waals surface area (Å²) in [5.41, 5.74) is 5.93. The lowest BCUT2D eigenvalue weighted by Crippen LogP contribution is -1.87. The zero-order valence-electron chi connectivity index (χ0n) is 16.7. The van der Waals surface area contributed by atoms with Gasteiger partial charge in [0.05, 0.1) is 34.6 Å². The molecule has 0 saturated carbocycles. The van der Waals surface area contributed by atoms with E-state index in [0.717, 1.165) is 22.8 Å². The van der Waals surface area contributed by atoms with Gasteiger partial charge >= 0.3 is 0 Å². The Hall–Kier alpha value is -4.60. The quantitative estimate of drug-likeness (QED) is 0.396. The molecule has 0 atom stereocenters. The van der Waals surface area contributed by atoms with E-state index in [1.165, 1.54) is 12.1 Å². The Bertz CT molecular complexity index is 1610. The molecule has 0 saturated heterocycles. The van der Waals surface area contributed by atoms with Crippen molar-refractivity contribution in [3.63, 3.8) is 0 Å². The molecule has 0 spiro atoms. The van der Waals surface area contributed by atoms with E-state index < -0.39 is 5.82 Å². The molecule has 0 aliphatic rings. The summed E-state index contributed by atoms with van der Waals surface area (Å²) in [7, 11) is 1.85. The summed E-state index contributed by atoms with van der Waals surface area (Å²) in [6.45, 7) is 0. The minimum Gasteiger partial charge on any atom is -0.508 e. The van der Waals surface area contributed by atoms with Gasteiger partial charge in [-0.1, -0.05) is 0 Å². The molecular weight excluding hydrogens is 411 g/mol. The number of imidazole rings is 1. The number of benzene rings is 1. The van der Waals surface area contributed by atoms with Gasteiger partial charge in [-0.25, -0.2) is 14.4 Å². The Labute approximate surface area is 179 Å². The van der Waals surface area contributed by atoms with E-state index in [4.69, 9.17) is 9.97 Å². The summed E-state index contributed by atoms with van der Waals surface area (Å²) in [5.74, 6) is -0.215. The Morgan fingerprint density at radius 1 is 0.969 bits per heavy atom. The van der Waals surface area contributed by atoms with Crippen LogP contribution >= 0.6 is 0 Å². The largest absolute Gasteiger partial charge is 0.508 e. The van der Waals surface area contributed by atoms with Gasteiger partial charge in [-0.2, -0.15) is 10.2 Å². The molecule has 32 heavy (non-hydrogen) atoms. The third-order valence-corrected chi connectivity index (χ3v) is 5.22. The molecule has 0 fully saturated rings. The van der Waals surface area contributed by atoms with Crippen LogP contribution in [0, 0.1) is 5.82 Å². The number of phenols is 1. The number of nitrogens with one attached hydrogen (secondary N) is 2. The molecule has 6 rings (SSSR count). The monoisotopic (exact) mass is 426 g/mol. The highest BCUT2D eigenvalue weighted by atomic mass is 19.1. The van der Waals surface area contributed by atoms with Crippen LogP contribution in [0.2, 0.25) is 0 Å². The summed E-state index contributed by atoms with van der Waals surface area (Å²) in [5, 5.41) is 21.4. The molecule has 10 heteroatoms. The van der Waals surface area contributed by atoms with Crippen molar-refractivity contribution < 1.29 is 9.50 Å². The van der Waals surface area contributed by atoms with Gasteiger partial charge in [0, 0.05) is 36.6 Å². The summed E-state index contributed by atoms with van der Waals surface area (Å²) in [6, 6.07) is 7.66. The standard InChI is InChI=1S/C22H15FN8O/c1-31-10-12(7-25-31)16-2-3-17-20(26-16)21(30-29-17)22-27-18-9-24-8-15(19(18)28-22)11-4-13(23)6-14(32)5-11/h2-10,32H,1H3,(H,27,28)(H,29,30). The van der Waals surface area contributed by atoms with E-state index in [9.17, 15) is 9.50 Å². The number of H-pyrrole nitrogens is 2. The van der Waals surface area contributed by atoms with E-state index in [1.54, 1.807) is 23.3 Å².